The number of benzene rings is 1. The minimum Gasteiger partial charge on any atom is -0.491 e. The molecule has 1 aromatic rings. The summed E-state index contributed by atoms with van der Waals surface area (Å²) in [5, 5.41) is 3.26. The van der Waals surface area contributed by atoms with E-state index in [-0.39, 0.29) is 18.2 Å². The van der Waals surface area contributed by atoms with Crippen LogP contribution in [0.5, 0.6) is 5.75 Å². The van der Waals surface area contributed by atoms with Crippen molar-refractivity contribution in [3.8, 4) is 5.75 Å². The van der Waals surface area contributed by atoms with Gasteiger partial charge in [-0.2, -0.15) is 0 Å². The van der Waals surface area contributed by atoms with Gasteiger partial charge in [-0.15, -0.1) is 0 Å². The lowest BCUT2D eigenvalue weighted by Gasteiger charge is -2.31. The van der Waals surface area contributed by atoms with Crippen LogP contribution in [-0.4, -0.2) is 48.8 Å². The molecule has 1 fully saturated rings. The highest BCUT2D eigenvalue weighted by molar-refractivity contribution is 5.78. The Balaban J connectivity index is 1.87. The third-order valence-corrected chi connectivity index (χ3v) is 4.38. The first kappa shape index (κ1) is 20.9. The van der Waals surface area contributed by atoms with E-state index >= 15 is 0 Å². The summed E-state index contributed by atoms with van der Waals surface area (Å²) in [7, 11) is 0. The van der Waals surface area contributed by atoms with Gasteiger partial charge in [0.25, 0.3) is 0 Å². The van der Waals surface area contributed by atoms with E-state index in [2.05, 4.69) is 10.3 Å². The number of aliphatic imine (C=N–C) groups is 1. The lowest BCUT2D eigenvalue weighted by Crippen LogP contribution is -2.48. The largest absolute Gasteiger partial charge is 0.491 e. The van der Waals surface area contributed by atoms with Crippen LogP contribution in [0.3, 0.4) is 0 Å². The second-order valence-corrected chi connectivity index (χ2v) is 7.08. The quantitative estimate of drug-likeness (QED) is 0.589. The average Bonchev–Trinajstić information content (AvgIpc) is 2.61. The molecule has 1 aliphatic heterocycles. The monoisotopic (exact) mass is 376 g/mol. The molecule has 1 amide bonds. The number of likely N-dealkylation sites (tertiary alicyclic amines) is 1. The lowest BCUT2D eigenvalue weighted by atomic mass is 10.1. The number of hydrogen-bond acceptors (Lipinski definition) is 4. The van der Waals surface area contributed by atoms with Crippen LogP contribution < -0.4 is 15.8 Å². The molecule has 0 unspecified atom stereocenters. The van der Waals surface area contributed by atoms with E-state index < -0.39 is 0 Å². The van der Waals surface area contributed by atoms with Gasteiger partial charge in [-0.1, -0.05) is 12.1 Å². The highest BCUT2D eigenvalue weighted by Crippen LogP contribution is 2.22. The molecule has 27 heavy (non-hydrogen) atoms. The zero-order valence-electron chi connectivity index (χ0n) is 16.8. The summed E-state index contributed by atoms with van der Waals surface area (Å²) in [6.07, 6.45) is 1.51. The van der Waals surface area contributed by atoms with Crippen LogP contribution in [0.4, 0.5) is 4.79 Å². The first-order chi connectivity index (χ1) is 12.9. The molecule has 3 N–H and O–H groups in total. The lowest BCUT2D eigenvalue weighted by molar-refractivity contribution is 0.0963. The Labute approximate surface area is 161 Å². The maximum Gasteiger partial charge on any atom is 0.409 e. The van der Waals surface area contributed by atoms with Gasteiger partial charge in [0.2, 0.25) is 0 Å². The number of nitrogens with one attached hydrogen (secondary N) is 1. The highest BCUT2D eigenvalue weighted by Gasteiger charge is 2.23. The van der Waals surface area contributed by atoms with Crippen molar-refractivity contribution < 1.29 is 14.3 Å². The Bertz CT molecular complexity index is 653. The summed E-state index contributed by atoms with van der Waals surface area (Å²) >= 11 is 0. The molecule has 150 valence electrons. The SMILES string of the molecule is CCOC(=O)N1CCC(NC(N)=NCc2ccc(C)cc2OC(C)C)CC1. The Kier molecular flexibility index (Phi) is 7.76. The topological polar surface area (TPSA) is 89.2 Å². The van der Waals surface area contributed by atoms with Gasteiger partial charge in [0, 0.05) is 24.7 Å². The summed E-state index contributed by atoms with van der Waals surface area (Å²) in [5.41, 5.74) is 8.23. The number of nitrogens with zero attached hydrogens (tertiary/aromatic N) is 2. The number of hydrogen-bond donors (Lipinski definition) is 2. The normalized spacial score (nSPS) is 15.7. The molecule has 0 aromatic heterocycles. The van der Waals surface area contributed by atoms with Gasteiger partial charge in [-0.25, -0.2) is 9.79 Å². The molecule has 0 bridgehead atoms. The number of piperidine rings is 1. The van der Waals surface area contributed by atoms with Crippen LogP contribution in [0.1, 0.15) is 44.7 Å². The van der Waals surface area contributed by atoms with E-state index in [0.29, 0.717) is 32.2 Å². The Morgan fingerprint density at radius 2 is 2.07 bits per heavy atom. The van der Waals surface area contributed by atoms with Crippen molar-refractivity contribution in [3.05, 3.63) is 29.3 Å². The van der Waals surface area contributed by atoms with Crippen molar-refractivity contribution in [3.63, 3.8) is 0 Å². The number of nitrogens with two attached hydrogens (primary N) is 1. The van der Waals surface area contributed by atoms with Gasteiger partial charge >= 0.3 is 6.09 Å². The molecule has 1 saturated heterocycles. The van der Waals surface area contributed by atoms with Crippen LogP contribution in [-0.2, 0) is 11.3 Å². The predicted octanol–water partition coefficient (Wildman–Crippen LogP) is 2.81. The maximum atomic E-state index is 11.7. The molecule has 0 aliphatic carbocycles. The van der Waals surface area contributed by atoms with E-state index in [1.54, 1.807) is 4.90 Å². The van der Waals surface area contributed by atoms with Gasteiger partial charge in [-0.3, -0.25) is 0 Å². The molecule has 0 atom stereocenters. The summed E-state index contributed by atoms with van der Waals surface area (Å²) in [6, 6.07) is 6.32. The van der Waals surface area contributed by atoms with Crippen molar-refractivity contribution in [2.24, 2.45) is 10.7 Å². The Morgan fingerprint density at radius 1 is 1.37 bits per heavy atom. The van der Waals surface area contributed by atoms with Crippen molar-refractivity contribution in [2.75, 3.05) is 19.7 Å². The molecule has 0 spiro atoms. The summed E-state index contributed by atoms with van der Waals surface area (Å²) in [4.78, 5) is 17.9. The predicted molar refractivity (Wildman–Crippen MR) is 107 cm³/mol. The summed E-state index contributed by atoms with van der Waals surface area (Å²) < 4.78 is 10.9. The number of carbonyl (C=O) groups is 1. The Morgan fingerprint density at radius 3 is 2.70 bits per heavy atom. The second-order valence-electron chi connectivity index (χ2n) is 7.08. The fraction of sp³-hybridized carbons (Fsp3) is 0.600. The van der Waals surface area contributed by atoms with E-state index in [1.165, 1.54) is 0 Å². The molecular weight excluding hydrogens is 344 g/mol. The van der Waals surface area contributed by atoms with E-state index in [0.717, 1.165) is 29.7 Å². The number of ether oxygens (including phenoxy) is 2. The van der Waals surface area contributed by atoms with Crippen molar-refractivity contribution in [2.45, 2.75) is 59.2 Å². The van der Waals surface area contributed by atoms with Crippen LogP contribution >= 0.6 is 0 Å². The average molecular weight is 377 g/mol. The summed E-state index contributed by atoms with van der Waals surface area (Å²) in [5.74, 6) is 1.27. The molecule has 1 heterocycles. The van der Waals surface area contributed by atoms with Crippen LogP contribution in [0.15, 0.2) is 23.2 Å². The number of amides is 1. The maximum absolute atomic E-state index is 11.7. The van der Waals surface area contributed by atoms with Gasteiger partial charge in [0.15, 0.2) is 5.96 Å². The van der Waals surface area contributed by atoms with E-state index in [4.69, 9.17) is 15.2 Å². The van der Waals surface area contributed by atoms with Gasteiger partial charge in [0.1, 0.15) is 5.75 Å². The van der Waals surface area contributed by atoms with Gasteiger partial charge in [0.05, 0.1) is 19.3 Å². The van der Waals surface area contributed by atoms with E-state index in [1.807, 2.05) is 45.9 Å². The van der Waals surface area contributed by atoms with E-state index in [9.17, 15) is 4.79 Å². The molecule has 2 rings (SSSR count). The fourth-order valence-corrected chi connectivity index (χ4v) is 3.00. The molecule has 0 radical (unpaired) electrons. The smallest absolute Gasteiger partial charge is 0.409 e. The van der Waals surface area contributed by atoms with Gasteiger partial charge in [-0.05, 0) is 52.2 Å². The minimum atomic E-state index is -0.241. The van der Waals surface area contributed by atoms with Crippen LogP contribution in [0.25, 0.3) is 0 Å². The number of rotatable bonds is 6. The van der Waals surface area contributed by atoms with Crippen LogP contribution in [0.2, 0.25) is 0 Å². The van der Waals surface area contributed by atoms with Crippen molar-refractivity contribution >= 4 is 12.1 Å². The first-order valence-corrected chi connectivity index (χ1v) is 9.63. The zero-order chi connectivity index (χ0) is 19.8. The minimum absolute atomic E-state index is 0.106. The van der Waals surface area contributed by atoms with Crippen molar-refractivity contribution in [1.82, 2.24) is 10.2 Å². The molecule has 7 heteroatoms. The molecule has 1 aliphatic rings. The third-order valence-electron chi connectivity index (χ3n) is 4.38. The summed E-state index contributed by atoms with van der Waals surface area (Å²) in [6.45, 7) is 10.1. The fourth-order valence-electron chi connectivity index (χ4n) is 3.00. The molecular formula is C20H32N4O3. The molecule has 7 nitrogen and oxygen atoms in total. The first-order valence-electron chi connectivity index (χ1n) is 9.63. The highest BCUT2D eigenvalue weighted by atomic mass is 16.6. The second kappa shape index (κ2) is 10.0. The third kappa shape index (κ3) is 6.66. The van der Waals surface area contributed by atoms with Gasteiger partial charge < -0.3 is 25.4 Å². The van der Waals surface area contributed by atoms with Crippen molar-refractivity contribution in [1.29, 1.82) is 0 Å². The Hall–Kier alpha value is -2.44. The number of aryl methyl sites for hydroxylation is 1. The standard InChI is InChI=1S/C20H32N4O3/c1-5-26-20(25)24-10-8-17(9-11-24)23-19(21)22-13-16-7-6-15(4)12-18(16)27-14(2)3/h6-7,12,14,17H,5,8-11,13H2,1-4H3,(H3,21,22,23). The number of carbonyl (C=O) groups excluding carboxylic acids is 1. The zero-order valence-corrected chi connectivity index (χ0v) is 16.8. The molecule has 1 aromatic carbocycles. The number of guanidine groups is 1. The molecule has 0 saturated carbocycles. The van der Waals surface area contributed by atoms with Crippen LogP contribution in [0, 0.1) is 6.92 Å².